The molecular formula is C12H16Br2O4. The van der Waals surface area contributed by atoms with Crippen molar-refractivity contribution < 1.29 is 19.3 Å². The molecule has 18 heavy (non-hydrogen) atoms. The van der Waals surface area contributed by atoms with Crippen LogP contribution >= 0.6 is 31.9 Å². The van der Waals surface area contributed by atoms with Crippen LogP contribution in [-0.4, -0.2) is 32.9 Å². The number of ether oxygens (including phenoxy) is 3. The maximum Gasteiger partial charge on any atom is 0.149 e. The van der Waals surface area contributed by atoms with Crippen molar-refractivity contribution in [1.29, 1.82) is 0 Å². The third kappa shape index (κ3) is 10.7. The van der Waals surface area contributed by atoms with Crippen LogP contribution in [0.5, 0.6) is 5.75 Å². The number of hydrogen-bond donors (Lipinski definition) is 1. The lowest BCUT2D eigenvalue weighted by molar-refractivity contribution is -0.107. The number of phenols is 1. The minimum absolute atomic E-state index is 0.285. The van der Waals surface area contributed by atoms with Gasteiger partial charge in [-0.3, -0.25) is 0 Å². The van der Waals surface area contributed by atoms with Crippen molar-refractivity contribution in [3.8, 4) is 5.75 Å². The van der Waals surface area contributed by atoms with Crippen LogP contribution in [0.15, 0.2) is 27.7 Å². The Morgan fingerprint density at radius 3 is 2.00 bits per heavy atom. The zero-order valence-corrected chi connectivity index (χ0v) is 13.4. The molecule has 4 nitrogen and oxygen atoms in total. The minimum atomic E-state index is 0.285. The molecule has 0 bridgehead atoms. The van der Waals surface area contributed by atoms with E-state index in [1.54, 1.807) is 26.4 Å². The number of halogens is 2. The van der Waals surface area contributed by atoms with Crippen LogP contribution in [-0.2, 0) is 14.2 Å². The number of phenolic OH excluding ortho intramolecular Hbond substituents is 1. The van der Waals surface area contributed by atoms with Crippen LogP contribution in [0.25, 0.3) is 6.08 Å². The highest BCUT2D eigenvalue weighted by Gasteiger charge is 1.89. The molecule has 1 aromatic rings. The van der Waals surface area contributed by atoms with Gasteiger partial charge in [0.2, 0.25) is 0 Å². The van der Waals surface area contributed by atoms with E-state index in [2.05, 4.69) is 46.1 Å². The predicted octanol–water partition coefficient (Wildman–Crippen LogP) is 3.69. The predicted molar refractivity (Wildman–Crippen MR) is 78.8 cm³/mol. The fourth-order valence-corrected chi connectivity index (χ4v) is 1.43. The molecule has 6 heteroatoms. The standard InChI is InChI=1S/C8H6Br2O.C4H10O3/c9-8(10)5-6-1-3-7(11)4-2-6;1-5-3-7-4-6-2/h1-5,11H;3-4H2,1-2H3. The number of benzene rings is 1. The van der Waals surface area contributed by atoms with Gasteiger partial charge in [-0.15, -0.1) is 0 Å². The van der Waals surface area contributed by atoms with E-state index in [1.807, 2.05) is 18.2 Å². The molecule has 0 aromatic heterocycles. The van der Waals surface area contributed by atoms with Crippen LogP contribution in [0.4, 0.5) is 0 Å². The van der Waals surface area contributed by atoms with Crippen LogP contribution in [0.2, 0.25) is 0 Å². The summed E-state index contributed by atoms with van der Waals surface area (Å²) in [6, 6.07) is 6.96. The summed E-state index contributed by atoms with van der Waals surface area (Å²) in [6.45, 7) is 0.599. The second-order valence-electron chi connectivity index (χ2n) is 3.04. The maximum atomic E-state index is 8.95. The molecule has 1 N–H and O–H groups in total. The summed E-state index contributed by atoms with van der Waals surface area (Å²) in [5.74, 6) is 0.285. The van der Waals surface area contributed by atoms with Crippen LogP contribution in [0.1, 0.15) is 5.56 Å². The van der Waals surface area contributed by atoms with Crippen LogP contribution in [0, 0.1) is 0 Å². The zero-order valence-electron chi connectivity index (χ0n) is 10.2. The second kappa shape index (κ2) is 11.7. The smallest absolute Gasteiger partial charge is 0.149 e. The van der Waals surface area contributed by atoms with Crippen molar-refractivity contribution >= 4 is 37.9 Å². The fraction of sp³-hybridized carbons (Fsp3) is 0.333. The lowest BCUT2D eigenvalue weighted by atomic mass is 10.2. The highest BCUT2D eigenvalue weighted by molar-refractivity contribution is 9.28. The maximum absolute atomic E-state index is 8.95. The largest absolute Gasteiger partial charge is 0.508 e. The van der Waals surface area contributed by atoms with Gasteiger partial charge in [0.05, 0.1) is 3.39 Å². The second-order valence-corrected chi connectivity index (χ2v) is 5.82. The highest BCUT2D eigenvalue weighted by atomic mass is 79.9. The van der Waals surface area contributed by atoms with E-state index >= 15 is 0 Å². The summed E-state index contributed by atoms with van der Waals surface area (Å²) >= 11 is 6.49. The SMILES string of the molecule is COCOCOC.Oc1ccc(C=C(Br)Br)cc1. The number of hydrogen-bond acceptors (Lipinski definition) is 4. The van der Waals surface area contributed by atoms with E-state index in [4.69, 9.17) is 5.11 Å². The molecule has 0 spiro atoms. The Bertz CT molecular complexity index is 330. The zero-order chi connectivity index (χ0) is 13.8. The summed E-state index contributed by atoms with van der Waals surface area (Å²) in [7, 11) is 3.13. The summed E-state index contributed by atoms with van der Waals surface area (Å²) in [5.41, 5.74) is 1.03. The molecule has 0 unspecified atom stereocenters. The first-order chi connectivity index (χ1) is 8.60. The third-order valence-electron chi connectivity index (χ3n) is 1.57. The molecule has 0 fully saturated rings. The summed E-state index contributed by atoms with van der Waals surface area (Å²) in [4.78, 5) is 0. The Kier molecular flexibility index (Phi) is 11.4. The van der Waals surface area contributed by atoms with E-state index in [1.165, 1.54) is 0 Å². The average molecular weight is 384 g/mol. The van der Waals surface area contributed by atoms with E-state index < -0.39 is 0 Å². The molecule has 102 valence electrons. The average Bonchev–Trinajstić information content (AvgIpc) is 2.33. The van der Waals surface area contributed by atoms with Crippen LogP contribution < -0.4 is 0 Å². The Balaban J connectivity index is 0.000000360. The third-order valence-corrected chi connectivity index (χ3v) is 2.03. The first-order valence-electron chi connectivity index (χ1n) is 4.97. The lowest BCUT2D eigenvalue weighted by Gasteiger charge is -1.97. The molecule has 0 saturated carbocycles. The molecule has 0 atom stereocenters. The number of aromatic hydroxyl groups is 1. The Morgan fingerprint density at radius 1 is 1.11 bits per heavy atom. The van der Waals surface area contributed by atoms with Crippen molar-refractivity contribution in [2.75, 3.05) is 27.8 Å². The van der Waals surface area contributed by atoms with E-state index in [9.17, 15) is 0 Å². The fourth-order valence-electron chi connectivity index (χ4n) is 0.897. The molecule has 0 aliphatic rings. The van der Waals surface area contributed by atoms with Crippen molar-refractivity contribution in [1.82, 2.24) is 0 Å². The Hall–Kier alpha value is -0.400. The van der Waals surface area contributed by atoms with Gasteiger partial charge in [-0.25, -0.2) is 0 Å². The molecular weight excluding hydrogens is 368 g/mol. The topological polar surface area (TPSA) is 47.9 Å². The van der Waals surface area contributed by atoms with Gasteiger partial charge in [-0.2, -0.15) is 0 Å². The summed E-state index contributed by atoms with van der Waals surface area (Å²) < 4.78 is 14.7. The van der Waals surface area contributed by atoms with Crippen molar-refractivity contribution in [3.63, 3.8) is 0 Å². The summed E-state index contributed by atoms with van der Waals surface area (Å²) in [5, 5.41) is 8.95. The molecule has 0 amide bonds. The molecule has 0 heterocycles. The van der Waals surface area contributed by atoms with Gasteiger partial charge in [0.25, 0.3) is 0 Å². The van der Waals surface area contributed by atoms with E-state index in [0.717, 1.165) is 8.96 Å². The minimum Gasteiger partial charge on any atom is -0.508 e. The molecule has 1 aromatic carbocycles. The molecule has 0 aliphatic carbocycles. The van der Waals surface area contributed by atoms with Crippen LogP contribution in [0.3, 0.4) is 0 Å². The highest BCUT2D eigenvalue weighted by Crippen LogP contribution is 2.19. The van der Waals surface area contributed by atoms with E-state index in [-0.39, 0.29) is 5.75 Å². The Labute approximate surface area is 124 Å². The van der Waals surface area contributed by atoms with Gasteiger partial charge in [0, 0.05) is 14.2 Å². The first kappa shape index (κ1) is 17.6. The normalized spacial score (nSPS) is 9.33. The summed E-state index contributed by atoms with van der Waals surface area (Å²) in [6.07, 6.45) is 1.90. The van der Waals surface area contributed by atoms with Gasteiger partial charge in [-0.1, -0.05) is 12.1 Å². The van der Waals surface area contributed by atoms with Gasteiger partial charge >= 0.3 is 0 Å². The van der Waals surface area contributed by atoms with Gasteiger partial charge < -0.3 is 19.3 Å². The van der Waals surface area contributed by atoms with E-state index in [0.29, 0.717) is 13.6 Å². The molecule has 0 aliphatic heterocycles. The number of rotatable bonds is 5. The van der Waals surface area contributed by atoms with Crippen molar-refractivity contribution in [2.45, 2.75) is 0 Å². The lowest BCUT2D eigenvalue weighted by Crippen LogP contribution is -1.98. The van der Waals surface area contributed by atoms with Crippen molar-refractivity contribution in [2.24, 2.45) is 0 Å². The van der Waals surface area contributed by atoms with Gasteiger partial charge in [-0.05, 0) is 55.6 Å². The Morgan fingerprint density at radius 2 is 1.61 bits per heavy atom. The number of methoxy groups -OCH3 is 2. The van der Waals surface area contributed by atoms with Crippen molar-refractivity contribution in [3.05, 3.63) is 33.2 Å². The quantitative estimate of drug-likeness (QED) is 0.622. The molecule has 0 saturated heterocycles. The monoisotopic (exact) mass is 382 g/mol. The molecule has 1 rings (SSSR count). The van der Waals surface area contributed by atoms with Gasteiger partial charge in [0.15, 0.2) is 0 Å². The van der Waals surface area contributed by atoms with Gasteiger partial charge in [0.1, 0.15) is 19.3 Å². The first-order valence-corrected chi connectivity index (χ1v) is 6.56. The molecule has 0 radical (unpaired) electrons.